The van der Waals surface area contributed by atoms with Crippen LogP contribution in [-0.4, -0.2) is 0 Å². The summed E-state index contributed by atoms with van der Waals surface area (Å²) in [6, 6.07) is 17.2. The molecular formula is C16H14BrNS. The first-order valence-electron chi connectivity index (χ1n) is 6.23. The summed E-state index contributed by atoms with van der Waals surface area (Å²) in [6.45, 7) is 1.82. The van der Waals surface area contributed by atoms with Gasteiger partial charge in [0.2, 0.25) is 0 Å². The minimum Gasteiger partial charge on any atom is -0.308 e. The van der Waals surface area contributed by atoms with E-state index in [2.05, 4.69) is 75.2 Å². The molecule has 0 saturated heterocycles. The molecule has 0 amide bonds. The molecule has 0 aliphatic heterocycles. The monoisotopic (exact) mass is 331 g/mol. The van der Waals surface area contributed by atoms with Crippen LogP contribution < -0.4 is 5.32 Å². The number of halogens is 1. The van der Waals surface area contributed by atoms with Crippen LogP contribution >= 0.6 is 27.3 Å². The van der Waals surface area contributed by atoms with E-state index >= 15 is 0 Å². The first kappa shape index (κ1) is 12.9. The molecule has 3 rings (SSSR count). The summed E-state index contributed by atoms with van der Waals surface area (Å²) in [4.78, 5) is 1.35. The maximum atomic E-state index is 3.51. The van der Waals surface area contributed by atoms with Gasteiger partial charge in [-0.25, -0.2) is 0 Å². The number of hydrogen-bond acceptors (Lipinski definition) is 2. The first-order valence-corrected chi connectivity index (χ1v) is 7.90. The molecule has 1 nitrogen and oxygen atoms in total. The van der Waals surface area contributed by atoms with Gasteiger partial charge in [-0.2, -0.15) is 0 Å². The Morgan fingerprint density at radius 2 is 1.84 bits per heavy atom. The lowest BCUT2D eigenvalue weighted by atomic mass is 10.0. The van der Waals surface area contributed by atoms with E-state index in [4.69, 9.17) is 0 Å². The number of benzene rings is 2. The lowest BCUT2D eigenvalue weighted by Crippen LogP contribution is -2.11. The van der Waals surface area contributed by atoms with Crippen molar-refractivity contribution in [3.63, 3.8) is 0 Å². The summed E-state index contributed by atoms with van der Waals surface area (Å²) in [5, 5.41) is 8.28. The predicted molar refractivity (Wildman–Crippen MR) is 86.5 cm³/mol. The fourth-order valence-electron chi connectivity index (χ4n) is 2.21. The lowest BCUT2D eigenvalue weighted by Gasteiger charge is -2.07. The van der Waals surface area contributed by atoms with Gasteiger partial charge in [-0.1, -0.05) is 42.5 Å². The number of nitrogens with one attached hydrogen (secondary N) is 1. The van der Waals surface area contributed by atoms with Crippen LogP contribution in [0.15, 0.2) is 58.4 Å². The first-order chi connectivity index (χ1) is 9.33. The molecule has 0 bridgehead atoms. The van der Waals surface area contributed by atoms with Gasteiger partial charge in [-0.05, 0) is 38.3 Å². The van der Waals surface area contributed by atoms with E-state index in [1.807, 2.05) is 0 Å². The highest BCUT2D eigenvalue weighted by atomic mass is 79.9. The molecule has 2 aromatic carbocycles. The largest absolute Gasteiger partial charge is 0.308 e. The highest BCUT2D eigenvalue weighted by Gasteiger charge is 2.01. The second kappa shape index (κ2) is 5.87. The Labute approximate surface area is 125 Å². The van der Waals surface area contributed by atoms with Crippen molar-refractivity contribution in [3.05, 3.63) is 68.8 Å². The van der Waals surface area contributed by atoms with Gasteiger partial charge in [0.05, 0.1) is 0 Å². The van der Waals surface area contributed by atoms with Gasteiger partial charge in [0.25, 0.3) is 0 Å². The molecule has 96 valence electrons. The van der Waals surface area contributed by atoms with Crippen molar-refractivity contribution in [1.82, 2.24) is 5.32 Å². The standard InChI is InChI=1S/C16H14BrNS/c17-14-8-15(19-11-14)10-18-9-13-6-3-5-12-4-1-2-7-16(12)13/h1-8,11,18H,9-10H2. The van der Waals surface area contributed by atoms with E-state index in [-0.39, 0.29) is 0 Å². The average Bonchev–Trinajstić information content (AvgIpc) is 2.85. The summed E-state index contributed by atoms with van der Waals surface area (Å²) in [7, 11) is 0. The summed E-state index contributed by atoms with van der Waals surface area (Å²) in [5.74, 6) is 0. The highest BCUT2D eigenvalue weighted by Crippen LogP contribution is 2.21. The van der Waals surface area contributed by atoms with E-state index in [1.165, 1.54) is 25.7 Å². The number of hydrogen-bond donors (Lipinski definition) is 1. The molecule has 1 N–H and O–H groups in total. The van der Waals surface area contributed by atoms with Crippen molar-refractivity contribution in [2.24, 2.45) is 0 Å². The van der Waals surface area contributed by atoms with Gasteiger partial charge in [-0.3, -0.25) is 0 Å². The minimum atomic E-state index is 0.900. The topological polar surface area (TPSA) is 12.0 Å². The number of rotatable bonds is 4. The smallest absolute Gasteiger partial charge is 0.0303 e. The summed E-state index contributed by atoms with van der Waals surface area (Å²) >= 11 is 5.26. The van der Waals surface area contributed by atoms with Gasteiger partial charge >= 0.3 is 0 Å². The second-order valence-electron chi connectivity index (χ2n) is 4.47. The molecule has 0 saturated carbocycles. The Morgan fingerprint density at radius 1 is 1.00 bits per heavy atom. The van der Waals surface area contributed by atoms with E-state index in [9.17, 15) is 0 Å². The van der Waals surface area contributed by atoms with Crippen LogP contribution in [0.5, 0.6) is 0 Å². The maximum absolute atomic E-state index is 3.51. The normalized spacial score (nSPS) is 11.0. The third-order valence-electron chi connectivity index (χ3n) is 3.12. The van der Waals surface area contributed by atoms with Crippen LogP contribution in [0.4, 0.5) is 0 Å². The Balaban J connectivity index is 1.71. The molecule has 0 aliphatic carbocycles. The molecule has 0 fully saturated rings. The molecule has 0 spiro atoms. The third kappa shape index (κ3) is 3.06. The van der Waals surface area contributed by atoms with E-state index in [1.54, 1.807) is 11.3 Å². The van der Waals surface area contributed by atoms with Crippen LogP contribution in [0.3, 0.4) is 0 Å². The van der Waals surface area contributed by atoms with Crippen molar-refractivity contribution < 1.29 is 0 Å². The zero-order valence-electron chi connectivity index (χ0n) is 10.4. The molecular weight excluding hydrogens is 318 g/mol. The summed E-state index contributed by atoms with van der Waals surface area (Å²) in [5.41, 5.74) is 1.36. The number of thiophene rings is 1. The van der Waals surface area contributed by atoms with Gasteiger partial charge in [0, 0.05) is 27.8 Å². The second-order valence-corrected chi connectivity index (χ2v) is 6.38. The van der Waals surface area contributed by atoms with Crippen molar-refractivity contribution in [1.29, 1.82) is 0 Å². The molecule has 1 aromatic heterocycles. The molecule has 0 radical (unpaired) electrons. The van der Waals surface area contributed by atoms with Gasteiger partial charge in [0.15, 0.2) is 0 Å². The SMILES string of the molecule is Brc1csc(CNCc2cccc3ccccc23)c1. The van der Waals surface area contributed by atoms with Crippen LogP contribution in [0, 0.1) is 0 Å². The zero-order valence-corrected chi connectivity index (χ0v) is 12.8. The Kier molecular flexibility index (Phi) is 3.97. The summed E-state index contributed by atoms with van der Waals surface area (Å²) in [6.07, 6.45) is 0. The van der Waals surface area contributed by atoms with Crippen molar-refractivity contribution in [2.45, 2.75) is 13.1 Å². The fraction of sp³-hybridized carbons (Fsp3) is 0.125. The third-order valence-corrected chi connectivity index (χ3v) is 4.81. The van der Waals surface area contributed by atoms with Crippen LogP contribution in [-0.2, 0) is 13.1 Å². The van der Waals surface area contributed by atoms with Crippen LogP contribution in [0.25, 0.3) is 10.8 Å². The van der Waals surface area contributed by atoms with Crippen LogP contribution in [0.1, 0.15) is 10.4 Å². The predicted octanol–water partition coefficient (Wildman–Crippen LogP) is 4.95. The average molecular weight is 332 g/mol. The van der Waals surface area contributed by atoms with E-state index in [0.717, 1.165) is 13.1 Å². The van der Waals surface area contributed by atoms with Gasteiger partial charge in [0.1, 0.15) is 0 Å². The molecule has 3 aromatic rings. The molecule has 19 heavy (non-hydrogen) atoms. The minimum absolute atomic E-state index is 0.900. The molecule has 1 heterocycles. The van der Waals surface area contributed by atoms with E-state index < -0.39 is 0 Å². The van der Waals surface area contributed by atoms with Crippen molar-refractivity contribution in [3.8, 4) is 0 Å². The molecule has 0 atom stereocenters. The maximum Gasteiger partial charge on any atom is 0.0303 e. The highest BCUT2D eigenvalue weighted by molar-refractivity contribution is 9.10. The van der Waals surface area contributed by atoms with E-state index in [0.29, 0.717) is 0 Å². The Morgan fingerprint density at radius 3 is 2.68 bits per heavy atom. The Bertz CT molecular complexity index is 685. The Hall–Kier alpha value is -1.16. The number of fused-ring (bicyclic) bond motifs is 1. The van der Waals surface area contributed by atoms with Crippen molar-refractivity contribution in [2.75, 3.05) is 0 Å². The zero-order chi connectivity index (χ0) is 13.1. The fourth-order valence-corrected chi connectivity index (χ4v) is 3.63. The molecule has 3 heteroatoms. The molecule has 0 unspecified atom stereocenters. The van der Waals surface area contributed by atoms with Gasteiger partial charge in [-0.15, -0.1) is 11.3 Å². The summed E-state index contributed by atoms with van der Waals surface area (Å²) < 4.78 is 1.17. The lowest BCUT2D eigenvalue weighted by molar-refractivity contribution is 0.704. The quantitative estimate of drug-likeness (QED) is 0.712. The molecule has 0 aliphatic rings. The van der Waals surface area contributed by atoms with Crippen LogP contribution in [0.2, 0.25) is 0 Å². The van der Waals surface area contributed by atoms with Gasteiger partial charge < -0.3 is 5.32 Å². The van der Waals surface area contributed by atoms with Crippen molar-refractivity contribution >= 4 is 38.0 Å².